The fourth-order valence-electron chi connectivity index (χ4n) is 2.72. The van der Waals surface area contributed by atoms with Crippen molar-refractivity contribution in [2.45, 2.75) is 39.2 Å². The van der Waals surface area contributed by atoms with Crippen molar-refractivity contribution < 1.29 is 9.13 Å². The van der Waals surface area contributed by atoms with Crippen molar-refractivity contribution in [3.63, 3.8) is 0 Å². The topological polar surface area (TPSA) is 21.3 Å². The molecule has 1 N–H and O–H groups in total. The van der Waals surface area contributed by atoms with Crippen LogP contribution in [-0.2, 0) is 0 Å². The summed E-state index contributed by atoms with van der Waals surface area (Å²) in [7, 11) is 1.58. The van der Waals surface area contributed by atoms with Gasteiger partial charge in [-0.05, 0) is 36.8 Å². The zero-order valence-corrected chi connectivity index (χ0v) is 11.4. The van der Waals surface area contributed by atoms with Crippen molar-refractivity contribution in [3.8, 4) is 5.75 Å². The Labute approximate surface area is 109 Å². The van der Waals surface area contributed by atoms with Crippen LogP contribution < -0.4 is 10.1 Å². The van der Waals surface area contributed by atoms with Crippen molar-refractivity contribution in [1.82, 2.24) is 0 Å². The van der Waals surface area contributed by atoms with Crippen LogP contribution in [0.2, 0.25) is 0 Å². The molecule has 3 heteroatoms. The standard InChI is InChI=1S/C15H22FNO/c1-10-4-5-11(2)14(8-10)17-13-7-6-12(16)9-15(13)18-3/h6-7,9-11,14,17H,4-5,8H2,1-3H3. The van der Waals surface area contributed by atoms with Gasteiger partial charge in [0.25, 0.3) is 0 Å². The van der Waals surface area contributed by atoms with Crippen molar-refractivity contribution in [2.24, 2.45) is 11.8 Å². The highest BCUT2D eigenvalue weighted by molar-refractivity contribution is 5.57. The summed E-state index contributed by atoms with van der Waals surface area (Å²) in [5, 5.41) is 3.52. The average Bonchev–Trinajstić information content (AvgIpc) is 2.36. The van der Waals surface area contributed by atoms with E-state index >= 15 is 0 Å². The monoisotopic (exact) mass is 251 g/mol. The molecule has 2 rings (SSSR count). The van der Waals surface area contributed by atoms with E-state index in [4.69, 9.17) is 4.74 Å². The van der Waals surface area contributed by atoms with Crippen LogP contribution in [0.25, 0.3) is 0 Å². The fourth-order valence-corrected chi connectivity index (χ4v) is 2.72. The number of anilines is 1. The molecule has 1 aliphatic rings. The summed E-state index contributed by atoms with van der Waals surface area (Å²) in [4.78, 5) is 0. The molecule has 1 aromatic carbocycles. The third kappa shape index (κ3) is 2.95. The first-order valence-corrected chi connectivity index (χ1v) is 6.70. The van der Waals surface area contributed by atoms with E-state index in [9.17, 15) is 4.39 Å². The lowest BCUT2D eigenvalue weighted by Crippen LogP contribution is -2.33. The number of hydrogen-bond acceptors (Lipinski definition) is 2. The third-order valence-corrected chi connectivity index (χ3v) is 3.96. The summed E-state index contributed by atoms with van der Waals surface area (Å²) in [6.07, 6.45) is 3.73. The molecule has 1 saturated carbocycles. The minimum absolute atomic E-state index is 0.262. The Morgan fingerprint density at radius 3 is 2.78 bits per heavy atom. The lowest BCUT2D eigenvalue weighted by atomic mass is 9.80. The molecule has 0 heterocycles. The zero-order chi connectivity index (χ0) is 13.1. The summed E-state index contributed by atoms with van der Waals surface area (Å²) in [6, 6.07) is 5.12. The summed E-state index contributed by atoms with van der Waals surface area (Å²) >= 11 is 0. The smallest absolute Gasteiger partial charge is 0.144 e. The van der Waals surface area contributed by atoms with Gasteiger partial charge in [0.1, 0.15) is 11.6 Å². The van der Waals surface area contributed by atoms with E-state index in [1.807, 2.05) is 0 Å². The van der Waals surface area contributed by atoms with Gasteiger partial charge in [-0.15, -0.1) is 0 Å². The molecule has 1 fully saturated rings. The molecule has 0 radical (unpaired) electrons. The van der Waals surface area contributed by atoms with E-state index in [0.29, 0.717) is 17.7 Å². The van der Waals surface area contributed by atoms with Gasteiger partial charge < -0.3 is 10.1 Å². The van der Waals surface area contributed by atoms with Gasteiger partial charge in [-0.1, -0.05) is 20.3 Å². The Bertz CT molecular complexity index is 407. The number of rotatable bonds is 3. The Morgan fingerprint density at radius 2 is 2.06 bits per heavy atom. The molecule has 1 aliphatic carbocycles. The number of ether oxygens (including phenoxy) is 1. The largest absolute Gasteiger partial charge is 0.494 e. The van der Waals surface area contributed by atoms with Gasteiger partial charge in [-0.2, -0.15) is 0 Å². The number of benzene rings is 1. The molecule has 2 nitrogen and oxygen atoms in total. The molecular formula is C15H22FNO. The van der Waals surface area contributed by atoms with Crippen LogP contribution in [0.3, 0.4) is 0 Å². The Morgan fingerprint density at radius 1 is 1.28 bits per heavy atom. The van der Waals surface area contributed by atoms with E-state index in [0.717, 1.165) is 11.6 Å². The summed E-state index contributed by atoms with van der Waals surface area (Å²) in [6.45, 7) is 4.57. The van der Waals surface area contributed by atoms with Crippen LogP contribution in [0.1, 0.15) is 33.1 Å². The van der Waals surface area contributed by atoms with Gasteiger partial charge in [0.2, 0.25) is 0 Å². The molecule has 18 heavy (non-hydrogen) atoms. The molecule has 3 atom stereocenters. The van der Waals surface area contributed by atoms with Crippen molar-refractivity contribution in [3.05, 3.63) is 24.0 Å². The van der Waals surface area contributed by atoms with Gasteiger partial charge in [-0.25, -0.2) is 4.39 Å². The number of methoxy groups -OCH3 is 1. The molecule has 0 aliphatic heterocycles. The van der Waals surface area contributed by atoms with Crippen molar-refractivity contribution >= 4 is 5.69 Å². The van der Waals surface area contributed by atoms with E-state index in [1.54, 1.807) is 13.2 Å². The molecule has 0 bridgehead atoms. The van der Waals surface area contributed by atoms with E-state index in [1.165, 1.54) is 31.4 Å². The highest BCUT2D eigenvalue weighted by Crippen LogP contribution is 2.33. The first-order valence-electron chi connectivity index (χ1n) is 6.70. The second-order valence-electron chi connectivity index (χ2n) is 5.49. The van der Waals surface area contributed by atoms with Gasteiger partial charge in [0.05, 0.1) is 12.8 Å². The Hall–Kier alpha value is -1.25. The summed E-state index contributed by atoms with van der Waals surface area (Å²) < 4.78 is 18.4. The number of nitrogens with one attached hydrogen (secondary N) is 1. The maximum absolute atomic E-state index is 13.1. The second kappa shape index (κ2) is 5.59. The Kier molecular flexibility index (Phi) is 4.10. The van der Waals surface area contributed by atoms with Crippen LogP contribution in [0.15, 0.2) is 18.2 Å². The van der Waals surface area contributed by atoms with E-state index in [2.05, 4.69) is 19.2 Å². The molecule has 0 spiro atoms. The molecule has 3 unspecified atom stereocenters. The Balaban J connectivity index is 2.12. The summed E-state index contributed by atoms with van der Waals surface area (Å²) in [5.41, 5.74) is 0.893. The van der Waals surface area contributed by atoms with Crippen LogP contribution in [-0.4, -0.2) is 13.2 Å². The summed E-state index contributed by atoms with van der Waals surface area (Å²) in [5.74, 6) is 1.73. The molecule has 0 aromatic heterocycles. The van der Waals surface area contributed by atoms with E-state index < -0.39 is 0 Å². The minimum Gasteiger partial charge on any atom is -0.494 e. The predicted octanol–water partition coefficient (Wildman–Crippen LogP) is 4.07. The minimum atomic E-state index is -0.262. The zero-order valence-electron chi connectivity index (χ0n) is 11.4. The predicted molar refractivity (Wildman–Crippen MR) is 72.5 cm³/mol. The van der Waals surface area contributed by atoms with Gasteiger partial charge >= 0.3 is 0 Å². The van der Waals surface area contributed by atoms with Crippen LogP contribution >= 0.6 is 0 Å². The van der Waals surface area contributed by atoms with Crippen LogP contribution in [0.5, 0.6) is 5.75 Å². The van der Waals surface area contributed by atoms with Gasteiger partial charge in [0, 0.05) is 12.1 Å². The second-order valence-corrected chi connectivity index (χ2v) is 5.49. The highest BCUT2D eigenvalue weighted by atomic mass is 19.1. The van der Waals surface area contributed by atoms with Gasteiger partial charge in [-0.3, -0.25) is 0 Å². The van der Waals surface area contributed by atoms with Crippen LogP contribution in [0.4, 0.5) is 10.1 Å². The quantitative estimate of drug-likeness (QED) is 0.874. The lowest BCUT2D eigenvalue weighted by molar-refractivity contribution is 0.280. The maximum atomic E-state index is 13.1. The molecule has 1 aromatic rings. The molecular weight excluding hydrogens is 229 g/mol. The molecule has 0 saturated heterocycles. The van der Waals surface area contributed by atoms with Crippen LogP contribution in [0, 0.1) is 17.7 Å². The SMILES string of the molecule is COc1cc(F)ccc1NC1CC(C)CCC1C. The van der Waals surface area contributed by atoms with Crippen molar-refractivity contribution in [2.75, 3.05) is 12.4 Å². The average molecular weight is 251 g/mol. The molecule has 0 amide bonds. The third-order valence-electron chi connectivity index (χ3n) is 3.96. The lowest BCUT2D eigenvalue weighted by Gasteiger charge is -2.34. The first-order chi connectivity index (χ1) is 8.60. The number of halogens is 1. The maximum Gasteiger partial charge on any atom is 0.144 e. The normalized spacial score (nSPS) is 27.9. The molecule has 100 valence electrons. The number of hydrogen-bond donors (Lipinski definition) is 1. The first kappa shape index (κ1) is 13.2. The van der Waals surface area contributed by atoms with Crippen molar-refractivity contribution in [1.29, 1.82) is 0 Å². The van der Waals surface area contributed by atoms with E-state index in [-0.39, 0.29) is 5.82 Å². The highest BCUT2D eigenvalue weighted by Gasteiger charge is 2.25. The van der Waals surface area contributed by atoms with Gasteiger partial charge in [0.15, 0.2) is 0 Å². The fraction of sp³-hybridized carbons (Fsp3) is 0.600.